The third-order valence-electron chi connectivity index (χ3n) is 3.97. The molecule has 142 valence electrons. The first-order valence-electron chi connectivity index (χ1n) is 7.64. The number of halogens is 4. The average Bonchev–Trinajstić information content (AvgIpc) is 3.01. The Labute approximate surface area is 158 Å². The highest BCUT2D eigenvalue weighted by molar-refractivity contribution is 7.90. The maximum Gasteiger partial charge on any atom is 0.298 e. The molecule has 0 saturated carbocycles. The van der Waals surface area contributed by atoms with E-state index in [-0.39, 0.29) is 16.8 Å². The zero-order valence-electron chi connectivity index (χ0n) is 14.1. The predicted molar refractivity (Wildman–Crippen MR) is 95.1 cm³/mol. The van der Waals surface area contributed by atoms with Crippen molar-refractivity contribution >= 4 is 21.4 Å². The first-order valence-corrected chi connectivity index (χ1v) is 9.90. The minimum Gasteiger partial charge on any atom is -0.354 e. The number of sulfone groups is 1. The Morgan fingerprint density at radius 1 is 1.11 bits per heavy atom. The van der Waals surface area contributed by atoms with Gasteiger partial charge in [0.2, 0.25) is 5.76 Å². The first-order chi connectivity index (χ1) is 12.6. The molecule has 0 aliphatic rings. The summed E-state index contributed by atoms with van der Waals surface area (Å²) in [5, 5.41) is 4.20. The molecule has 0 unspecified atom stereocenters. The second-order valence-corrected chi connectivity index (χ2v) is 8.34. The van der Waals surface area contributed by atoms with Crippen LogP contribution in [0.25, 0.3) is 22.4 Å². The number of alkyl halides is 2. The lowest BCUT2D eigenvalue weighted by Crippen LogP contribution is -2.01. The Hall–Kier alpha value is -2.32. The van der Waals surface area contributed by atoms with Gasteiger partial charge >= 0.3 is 0 Å². The summed E-state index contributed by atoms with van der Waals surface area (Å²) in [6.07, 6.45) is -2.14. The first kappa shape index (κ1) is 19.4. The summed E-state index contributed by atoms with van der Waals surface area (Å²) in [7, 11) is -3.80. The third kappa shape index (κ3) is 3.72. The van der Waals surface area contributed by atoms with Crippen molar-refractivity contribution in [1.82, 2.24) is 5.16 Å². The van der Waals surface area contributed by atoms with Crippen molar-refractivity contribution in [2.75, 3.05) is 6.26 Å². The van der Waals surface area contributed by atoms with Crippen molar-refractivity contribution in [3.63, 3.8) is 0 Å². The van der Waals surface area contributed by atoms with Crippen molar-refractivity contribution in [2.24, 2.45) is 0 Å². The second kappa shape index (κ2) is 7.01. The van der Waals surface area contributed by atoms with Gasteiger partial charge in [-0.15, -0.1) is 0 Å². The Balaban J connectivity index is 2.24. The fourth-order valence-electron chi connectivity index (χ4n) is 2.68. The fraction of sp³-hybridized carbons (Fsp3) is 0.167. The zero-order valence-corrected chi connectivity index (χ0v) is 15.7. The van der Waals surface area contributed by atoms with Gasteiger partial charge in [-0.2, -0.15) is 0 Å². The topological polar surface area (TPSA) is 60.2 Å². The van der Waals surface area contributed by atoms with E-state index in [1.165, 1.54) is 6.07 Å². The van der Waals surface area contributed by atoms with Crippen LogP contribution in [0.1, 0.15) is 17.7 Å². The van der Waals surface area contributed by atoms with E-state index in [4.69, 9.17) is 16.1 Å². The van der Waals surface area contributed by atoms with Crippen LogP contribution in [0.3, 0.4) is 0 Å². The molecule has 0 aliphatic heterocycles. The van der Waals surface area contributed by atoms with Crippen LogP contribution in [-0.2, 0) is 9.84 Å². The molecular formula is C18H13ClF3NO3S. The molecule has 0 bridgehead atoms. The monoisotopic (exact) mass is 415 g/mol. The summed E-state index contributed by atoms with van der Waals surface area (Å²) in [4.78, 5) is -0.523. The quantitative estimate of drug-likeness (QED) is 0.568. The van der Waals surface area contributed by atoms with Gasteiger partial charge in [0, 0.05) is 16.8 Å². The van der Waals surface area contributed by atoms with Crippen LogP contribution in [-0.4, -0.2) is 19.8 Å². The molecule has 3 rings (SSSR count). The smallest absolute Gasteiger partial charge is 0.298 e. The number of hydrogen-bond acceptors (Lipinski definition) is 4. The molecule has 2 aromatic carbocycles. The van der Waals surface area contributed by atoms with E-state index in [0.29, 0.717) is 16.1 Å². The summed E-state index contributed by atoms with van der Waals surface area (Å²) in [6.45, 7) is 1.74. The number of rotatable bonds is 4. The van der Waals surface area contributed by atoms with Crippen molar-refractivity contribution in [1.29, 1.82) is 0 Å². The van der Waals surface area contributed by atoms with Gasteiger partial charge in [0.1, 0.15) is 16.4 Å². The van der Waals surface area contributed by atoms with Crippen LogP contribution in [0.5, 0.6) is 0 Å². The van der Waals surface area contributed by atoms with Gasteiger partial charge in [-0.3, -0.25) is 0 Å². The van der Waals surface area contributed by atoms with E-state index in [1.54, 1.807) is 25.1 Å². The summed E-state index contributed by atoms with van der Waals surface area (Å²) in [6, 6.07) is 7.94. The van der Waals surface area contributed by atoms with E-state index in [2.05, 4.69) is 5.16 Å². The molecule has 0 atom stereocenters. The van der Waals surface area contributed by atoms with Gasteiger partial charge in [-0.1, -0.05) is 28.9 Å². The van der Waals surface area contributed by atoms with Gasteiger partial charge in [-0.25, -0.2) is 21.6 Å². The molecule has 0 aliphatic carbocycles. The van der Waals surface area contributed by atoms with E-state index in [9.17, 15) is 21.6 Å². The molecule has 27 heavy (non-hydrogen) atoms. The summed E-state index contributed by atoms with van der Waals surface area (Å²) in [5.74, 6) is -1.78. The van der Waals surface area contributed by atoms with Crippen LogP contribution in [0, 0.1) is 12.7 Å². The maximum atomic E-state index is 14.3. The molecule has 4 nitrogen and oxygen atoms in total. The van der Waals surface area contributed by atoms with E-state index >= 15 is 0 Å². The number of nitrogens with zero attached hydrogens (tertiary/aromatic N) is 1. The fourth-order valence-corrected chi connectivity index (χ4v) is 3.52. The van der Waals surface area contributed by atoms with Crippen molar-refractivity contribution < 1.29 is 26.1 Å². The van der Waals surface area contributed by atoms with Gasteiger partial charge in [0.25, 0.3) is 6.43 Å². The molecule has 1 heterocycles. The van der Waals surface area contributed by atoms with Crippen molar-refractivity contribution in [2.45, 2.75) is 18.2 Å². The highest BCUT2D eigenvalue weighted by Crippen LogP contribution is 2.40. The minimum atomic E-state index is -3.80. The summed E-state index contributed by atoms with van der Waals surface area (Å²) < 4.78 is 69.1. The Kier molecular flexibility index (Phi) is 5.05. The van der Waals surface area contributed by atoms with Gasteiger partial charge in [-0.05, 0) is 42.3 Å². The van der Waals surface area contributed by atoms with Crippen molar-refractivity contribution in [3.8, 4) is 22.4 Å². The zero-order chi connectivity index (χ0) is 19.9. The highest BCUT2D eigenvalue weighted by Gasteiger charge is 2.27. The van der Waals surface area contributed by atoms with Crippen LogP contribution in [0.15, 0.2) is 45.8 Å². The number of benzene rings is 2. The molecule has 1 aromatic heterocycles. The van der Waals surface area contributed by atoms with Crippen LogP contribution in [0.4, 0.5) is 13.2 Å². The van der Waals surface area contributed by atoms with E-state index < -0.39 is 32.7 Å². The van der Waals surface area contributed by atoms with E-state index in [1.807, 2.05) is 0 Å². The van der Waals surface area contributed by atoms with Crippen LogP contribution >= 0.6 is 11.6 Å². The molecule has 0 spiro atoms. The summed E-state index contributed by atoms with van der Waals surface area (Å²) >= 11 is 5.99. The maximum absolute atomic E-state index is 14.3. The normalized spacial score (nSPS) is 12.0. The largest absolute Gasteiger partial charge is 0.354 e. The predicted octanol–water partition coefficient (Wildman–Crippen LogP) is 5.45. The molecule has 0 N–H and O–H groups in total. The van der Waals surface area contributed by atoms with Gasteiger partial charge in [0.05, 0.1) is 5.56 Å². The minimum absolute atomic E-state index is 0.0269. The molecule has 0 saturated heterocycles. The second-order valence-electron chi connectivity index (χ2n) is 5.95. The van der Waals surface area contributed by atoms with E-state index in [0.717, 1.165) is 18.4 Å². The molecule has 3 aromatic rings. The molecule has 0 fully saturated rings. The summed E-state index contributed by atoms with van der Waals surface area (Å²) in [5.41, 5.74) is 1.15. The highest BCUT2D eigenvalue weighted by atomic mass is 35.5. The Bertz CT molecular complexity index is 1130. The third-order valence-corrected chi connectivity index (χ3v) is 5.52. The van der Waals surface area contributed by atoms with Crippen LogP contribution in [0.2, 0.25) is 5.02 Å². The number of aryl methyl sites for hydroxylation is 1. The van der Waals surface area contributed by atoms with Gasteiger partial charge in [0.15, 0.2) is 9.84 Å². The lowest BCUT2D eigenvalue weighted by Gasteiger charge is -2.08. The van der Waals surface area contributed by atoms with Crippen LogP contribution < -0.4 is 0 Å². The number of hydrogen-bond donors (Lipinski definition) is 0. The molecule has 9 heteroatoms. The average molecular weight is 416 g/mol. The standard InChI is InChI=1S/C18H13ClF3NO3S/c1-9-7-11(3-5-12(9)19)16-15(17(18(21)22)26-23-16)10-4-6-14(13(20)8-10)27(2,24)25/h3-8,18H,1-2H3. The lowest BCUT2D eigenvalue weighted by molar-refractivity contribution is 0.113. The lowest BCUT2D eigenvalue weighted by atomic mass is 9.98. The SMILES string of the molecule is Cc1cc(-c2noc(C(F)F)c2-c2ccc(S(C)(=O)=O)c(F)c2)ccc1Cl. The van der Waals surface area contributed by atoms with Gasteiger partial charge < -0.3 is 4.52 Å². The Morgan fingerprint density at radius 2 is 1.78 bits per heavy atom. The molecule has 0 radical (unpaired) electrons. The number of aromatic nitrogens is 1. The van der Waals surface area contributed by atoms with Crippen molar-refractivity contribution in [3.05, 3.63) is 58.6 Å². The molecular weight excluding hydrogens is 403 g/mol. The molecule has 0 amide bonds. The Morgan fingerprint density at radius 3 is 2.33 bits per heavy atom.